The first-order valence-corrected chi connectivity index (χ1v) is 9.59. The second-order valence-electron chi connectivity index (χ2n) is 7.81. The van der Waals surface area contributed by atoms with Crippen molar-refractivity contribution in [2.75, 3.05) is 7.11 Å². The maximum Gasteiger partial charge on any atom is 0.306 e. The SMILES string of the molecule is COc1cc(CC(C)C(=O)O)ccc1OCc1cc(Cl)cc2c1OC(C)(C)C2. The number of fused-ring (bicyclic) bond motifs is 1. The van der Waals surface area contributed by atoms with Gasteiger partial charge in [0.1, 0.15) is 18.0 Å². The molecule has 0 radical (unpaired) electrons. The molecule has 0 bridgehead atoms. The fourth-order valence-electron chi connectivity index (χ4n) is 3.41. The lowest BCUT2D eigenvalue weighted by molar-refractivity contribution is -0.141. The van der Waals surface area contributed by atoms with Gasteiger partial charge < -0.3 is 19.3 Å². The molecule has 2 aromatic rings. The minimum absolute atomic E-state index is 0.262. The molecular formula is C22H25ClO5. The molecule has 28 heavy (non-hydrogen) atoms. The Morgan fingerprint density at radius 2 is 2.04 bits per heavy atom. The molecule has 0 saturated carbocycles. The zero-order valence-corrected chi connectivity index (χ0v) is 17.3. The van der Waals surface area contributed by atoms with Crippen LogP contribution < -0.4 is 14.2 Å². The first-order valence-electron chi connectivity index (χ1n) is 9.21. The smallest absolute Gasteiger partial charge is 0.306 e. The van der Waals surface area contributed by atoms with Crippen molar-refractivity contribution >= 4 is 17.6 Å². The first-order chi connectivity index (χ1) is 13.2. The topological polar surface area (TPSA) is 65.0 Å². The molecule has 0 aliphatic carbocycles. The highest BCUT2D eigenvalue weighted by Crippen LogP contribution is 2.40. The van der Waals surface area contributed by atoms with Crippen LogP contribution in [0, 0.1) is 5.92 Å². The van der Waals surface area contributed by atoms with Gasteiger partial charge in [-0.3, -0.25) is 4.79 Å². The number of ether oxygens (including phenoxy) is 3. The normalized spacial score (nSPS) is 15.5. The van der Waals surface area contributed by atoms with E-state index in [2.05, 4.69) is 0 Å². The highest BCUT2D eigenvalue weighted by atomic mass is 35.5. The molecule has 5 nitrogen and oxygen atoms in total. The minimum Gasteiger partial charge on any atom is -0.493 e. The number of benzene rings is 2. The van der Waals surface area contributed by atoms with E-state index >= 15 is 0 Å². The quantitative estimate of drug-likeness (QED) is 0.710. The number of halogens is 1. The van der Waals surface area contributed by atoms with Crippen molar-refractivity contribution in [2.45, 2.75) is 45.8 Å². The van der Waals surface area contributed by atoms with Gasteiger partial charge in [-0.1, -0.05) is 24.6 Å². The van der Waals surface area contributed by atoms with Crippen LogP contribution in [-0.4, -0.2) is 23.8 Å². The summed E-state index contributed by atoms with van der Waals surface area (Å²) in [5.74, 6) is 0.693. The van der Waals surface area contributed by atoms with Gasteiger partial charge in [-0.05, 0) is 55.7 Å². The van der Waals surface area contributed by atoms with E-state index in [-0.39, 0.29) is 5.60 Å². The molecule has 1 aliphatic heterocycles. The van der Waals surface area contributed by atoms with Gasteiger partial charge in [-0.2, -0.15) is 0 Å². The van der Waals surface area contributed by atoms with Gasteiger partial charge in [-0.25, -0.2) is 0 Å². The van der Waals surface area contributed by atoms with Crippen molar-refractivity contribution in [3.63, 3.8) is 0 Å². The van der Waals surface area contributed by atoms with E-state index in [4.69, 9.17) is 30.9 Å². The lowest BCUT2D eigenvalue weighted by Crippen LogP contribution is -2.25. The molecule has 1 unspecified atom stereocenters. The molecule has 0 fully saturated rings. The molecule has 0 amide bonds. The van der Waals surface area contributed by atoms with E-state index in [1.807, 2.05) is 38.1 Å². The summed E-state index contributed by atoms with van der Waals surface area (Å²) in [5.41, 5.74) is 2.59. The second-order valence-corrected chi connectivity index (χ2v) is 8.25. The molecule has 6 heteroatoms. The number of carbonyl (C=O) groups is 1. The zero-order chi connectivity index (χ0) is 20.5. The summed E-state index contributed by atoms with van der Waals surface area (Å²) in [4.78, 5) is 11.1. The molecule has 0 aromatic heterocycles. The number of methoxy groups -OCH3 is 1. The van der Waals surface area contributed by atoms with Crippen LogP contribution >= 0.6 is 11.6 Å². The number of hydrogen-bond acceptors (Lipinski definition) is 4. The molecule has 1 atom stereocenters. The van der Waals surface area contributed by atoms with Gasteiger partial charge in [0.2, 0.25) is 0 Å². The van der Waals surface area contributed by atoms with Crippen LogP contribution in [0.3, 0.4) is 0 Å². The van der Waals surface area contributed by atoms with Gasteiger partial charge in [0, 0.05) is 17.0 Å². The Morgan fingerprint density at radius 1 is 1.29 bits per heavy atom. The Kier molecular flexibility index (Phi) is 5.75. The van der Waals surface area contributed by atoms with Crippen LogP contribution in [0.25, 0.3) is 0 Å². The molecule has 3 rings (SSSR count). The summed E-state index contributed by atoms with van der Waals surface area (Å²) in [6.07, 6.45) is 1.23. The fraction of sp³-hybridized carbons (Fsp3) is 0.409. The van der Waals surface area contributed by atoms with E-state index in [1.165, 1.54) is 0 Å². The van der Waals surface area contributed by atoms with Crippen molar-refractivity contribution in [3.05, 3.63) is 52.0 Å². The van der Waals surface area contributed by atoms with E-state index < -0.39 is 11.9 Å². The minimum atomic E-state index is -0.822. The summed E-state index contributed by atoms with van der Waals surface area (Å²) in [7, 11) is 1.56. The van der Waals surface area contributed by atoms with Crippen molar-refractivity contribution in [1.29, 1.82) is 0 Å². The van der Waals surface area contributed by atoms with E-state index in [9.17, 15) is 4.79 Å². The summed E-state index contributed by atoms with van der Waals surface area (Å²) in [6, 6.07) is 9.28. The molecule has 2 aromatic carbocycles. The third-order valence-corrected chi connectivity index (χ3v) is 4.99. The highest BCUT2D eigenvalue weighted by Gasteiger charge is 2.32. The molecule has 0 saturated heterocycles. The third kappa shape index (κ3) is 4.53. The summed E-state index contributed by atoms with van der Waals surface area (Å²) in [5, 5.41) is 9.75. The Balaban J connectivity index is 1.78. The zero-order valence-electron chi connectivity index (χ0n) is 16.5. The van der Waals surface area contributed by atoms with Crippen molar-refractivity contribution < 1.29 is 24.1 Å². The first kappa shape index (κ1) is 20.3. The molecule has 0 spiro atoms. The molecule has 1 aliphatic rings. The molecule has 150 valence electrons. The maximum atomic E-state index is 11.1. The Morgan fingerprint density at radius 3 is 2.71 bits per heavy atom. The lowest BCUT2D eigenvalue weighted by atomic mass is 10.0. The second kappa shape index (κ2) is 7.92. The van der Waals surface area contributed by atoms with Gasteiger partial charge in [0.15, 0.2) is 11.5 Å². The van der Waals surface area contributed by atoms with Crippen molar-refractivity contribution in [1.82, 2.24) is 0 Å². The van der Waals surface area contributed by atoms with E-state index in [1.54, 1.807) is 20.1 Å². The number of carboxylic acids is 1. The maximum absolute atomic E-state index is 11.1. The van der Waals surface area contributed by atoms with Crippen LogP contribution in [0.1, 0.15) is 37.5 Å². The average molecular weight is 405 g/mol. The van der Waals surface area contributed by atoms with Crippen LogP contribution in [-0.2, 0) is 24.2 Å². The predicted molar refractivity (Wildman–Crippen MR) is 108 cm³/mol. The van der Waals surface area contributed by atoms with Gasteiger partial charge in [0.05, 0.1) is 13.0 Å². The number of aliphatic carboxylic acids is 1. The van der Waals surface area contributed by atoms with Crippen LogP contribution in [0.2, 0.25) is 5.02 Å². The molecule has 1 N–H and O–H groups in total. The number of carboxylic acid groups (broad SMARTS) is 1. The largest absolute Gasteiger partial charge is 0.493 e. The number of rotatable bonds is 7. The standard InChI is InChI=1S/C22H25ClO5/c1-13(21(24)25)7-14-5-6-18(19(8-14)26-4)27-12-16-10-17(23)9-15-11-22(2,3)28-20(15)16/h5-6,8-10,13H,7,11-12H2,1-4H3,(H,24,25). The van der Waals surface area contributed by atoms with Gasteiger partial charge in [0.25, 0.3) is 0 Å². The third-order valence-electron chi connectivity index (χ3n) is 4.78. The van der Waals surface area contributed by atoms with Crippen molar-refractivity contribution in [3.8, 4) is 17.2 Å². The monoisotopic (exact) mass is 404 g/mol. The predicted octanol–water partition coefficient (Wildman–Crippen LogP) is 4.90. The lowest BCUT2D eigenvalue weighted by Gasteiger charge is -2.19. The summed E-state index contributed by atoms with van der Waals surface area (Å²) < 4.78 is 17.5. The average Bonchev–Trinajstić information content (AvgIpc) is 2.93. The van der Waals surface area contributed by atoms with Gasteiger partial charge in [-0.15, -0.1) is 0 Å². The molecular weight excluding hydrogens is 380 g/mol. The van der Waals surface area contributed by atoms with E-state index in [0.717, 1.165) is 28.9 Å². The number of hydrogen-bond donors (Lipinski definition) is 1. The van der Waals surface area contributed by atoms with Crippen LogP contribution in [0.5, 0.6) is 17.2 Å². The Bertz CT molecular complexity index is 891. The van der Waals surface area contributed by atoms with Crippen LogP contribution in [0.15, 0.2) is 30.3 Å². The Hall–Kier alpha value is -2.40. The summed E-state index contributed by atoms with van der Waals surface area (Å²) >= 11 is 6.27. The van der Waals surface area contributed by atoms with Crippen molar-refractivity contribution in [2.24, 2.45) is 5.92 Å². The van der Waals surface area contributed by atoms with E-state index in [0.29, 0.717) is 29.5 Å². The molecule has 1 heterocycles. The Labute approximate surface area is 170 Å². The highest BCUT2D eigenvalue weighted by molar-refractivity contribution is 6.30. The van der Waals surface area contributed by atoms with Gasteiger partial charge >= 0.3 is 5.97 Å². The summed E-state index contributed by atoms with van der Waals surface area (Å²) in [6.45, 7) is 6.07. The fourth-order valence-corrected chi connectivity index (χ4v) is 3.67. The van der Waals surface area contributed by atoms with Crippen LogP contribution in [0.4, 0.5) is 0 Å².